The molecule has 0 spiro atoms. The standard InChI is InChI=1S/C28H22Cl2FN9O3/c29-16-2-3-18(20(30)8-16)25-21(11-35-37-25)36-28(43)23-9-17(31)12-39(23)24(41)13-40-22-4-1-14(15-5-6-33-34-10-15)7-19(22)26(38-40)27(32)42/h1-8,10-11,17,23H,9,12-13H2,(H2,32,42)(H,35,37)(H,36,43)/t17-,23+/m1/s1. The van der Waals surface area contributed by atoms with E-state index in [2.05, 4.69) is 30.8 Å². The lowest BCUT2D eigenvalue weighted by atomic mass is 10.0. The van der Waals surface area contributed by atoms with Gasteiger partial charge >= 0.3 is 0 Å². The summed E-state index contributed by atoms with van der Waals surface area (Å²) in [7, 11) is 0. The number of aromatic nitrogens is 6. The van der Waals surface area contributed by atoms with Gasteiger partial charge in [-0.3, -0.25) is 24.2 Å². The van der Waals surface area contributed by atoms with E-state index in [1.54, 1.807) is 48.7 Å². The fraction of sp³-hybridized carbons (Fsp3) is 0.179. The quantitative estimate of drug-likeness (QED) is 0.248. The normalized spacial score (nSPS) is 16.5. The number of H-pyrrole nitrogens is 1. The molecule has 1 fully saturated rings. The molecule has 2 aromatic carbocycles. The number of hydrogen-bond donors (Lipinski definition) is 3. The number of nitrogens with two attached hydrogens (primary N) is 1. The molecule has 4 heterocycles. The Morgan fingerprint density at radius 3 is 2.65 bits per heavy atom. The van der Waals surface area contributed by atoms with Crippen LogP contribution in [-0.4, -0.2) is 71.6 Å². The van der Waals surface area contributed by atoms with Crippen molar-refractivity contribution in [1.29, 1.82) is 0 Å². The second-order valence-electron chi connectivity index (χ2n) is 9.90. The van der Waals surface area contributed by atoms with Crippen LogP contribution in [0.4, 0.5) is 10.1 Å². The van der Waals surface area contributed by atoms with E-state index >= 15 is 0 Å². The van der Waals surface area contributed by atoms with Crippen LogP contribution in [0.5, 0.6) is 0 Å². The minimum Gasteiger partial charge on any atom is -0.364 e. The van der Waals surface area contributed by atoms with Gasteiger partial charge in [0.2, 0.25) is 11.8 Å². The van der Waals surface area contributed by atoms with Gasteiger partial charge in [-0.05, 0) is 42.0 Å². The van der Waals surface area contributed by atoms with Crippen LogP contribution in [-0.2, 0) is 16.1 Å². The summed E-state index contributed by atoms with van der Waals surface area (Å²) in [6.45, 7) is -0.632. The number of carbonyl (C=O) groups is 3. The summed E-state index contributed by atoms with van der Waals surface area (Å²) in [4.78, 5) is 40.3. The topological polar surface area (TPSA) is 165 Å². The molecule has 0 unspecified atom stereocenters. The van der Waals surface area contributed by atoms with Gasteiger partial charge in [-0.2, -0.15) is 20.4 Å². The second kappa shape index (κ2) is 11.4. The highest BCUT2D eigenvalue weighted by Crippen LogP contribution is 2.34. The van der Waals surface area contributed by atoms with Crippen LogP contribution in [0.15, 0.2) is 61.1 Å². The molecule has 218 valence electrons. The summed E-state index contributed by atoms with van der Waals surface area (Å²) in [6, 6.07) is 10.7. The fourth-order valence-electron chi connectivity index (χ4n) is 5.15. The number of likely N-dealkylation sites (tertiary alicyclic amines) is 1. The van der Waals surface area contributed by atoms with Crippen molar-refractivity contribution in [3.05, 3.63) is 76.8 Å². The minimum atomic E-state index is -1.42. The fourth-order valence-corrected chi connectivity index (χ4v) is 5.65. The Morgan fingerprint density at radius 1 is 1.07 bits per heavy atom. The van der Waals surface area contributed by atoms with Crippen molar-refractivity contribution in [2.75, 3.05) is 11.9 Å². The first-order chi connectivity index (χ1) is 20.7. The van der Waals surface area contributed by atoms with Crippen LogP contribution in [0.3, 0.4) is 0 Å². The van der Waals surface area contributed by atoms with Gasteiger partial charge in [0.1, 0.15) is 18.8 Å². The van der Waals surface area contributed by atoms with Crippen LogP contribution in [0.25, 0.3) is 33.3 Å². The molecule has 0 bridgehead atoms. The largest absolute Gasteiger partial charge is 0.364 e. The first-order valence-electron chi connectivity index (χ1n) is 13.0. The van der Waals surface area contributed by atoms with Gasteiger partial charge in [0.25, 0.3) is 5.91 Å². The SMILES string of the molecule is NC(=O)c1nn(CC(=O)N2C[C@H](F)C[C@H]2C(=O)Nc2cn[nH]c2-c2ccc(Cl)cc2Cl)c2ccc(-c3ccnnc3)cc12. The third-order valence-corrected chi connectivity index (χ3v) is 7.70. The Bertz CT molecular complexity index is 1880. The van der Waals surface area contributed by atoms with Crippen molar-refractivity contribution >= 4 is 57.5 Å². The summed E-state index contributed by atoms with van der Waals surface area (Å²) >= 11 is 12.3. The van der Waals surface area contributed by atoms with Crippen LogP contribution in [0.1, 0.15) is 16.9 Å². The molecular formula is C28H22Cl2FN9O3. The van der Waals surface area contributed by atoms with Crippen molar-refractivity contribution in [3.8, 4) is 22.4 Å². The molecule has 0 aliphatic carbocycles. The molecule has 12 nitrogen and oxygen atoms in total. The van der Waals surface area contributed by atoms with E-state index in [-0.39, 0.29) is 25.2 Å². The highest BCUT2D eigenvalue weighted by molar-refractivity contribution is 6.36. The Hall–Kier alpha value is -4.88. The molecule has 1 aliphatic rings. The Labute approximate surface area is 253 Å². The average Bonchev–Trinajstić information content (AvgIpc) is 3.70. The van der Waals surface area contributed by atoms with Crippen LogP contribution < -0.4 is 11.1 Å². The van der Waals surface area contributed by atoms with Crippen LogP contribution >= 0.6 is 23.2 Å². The Kier molecular flexibility index (Phi) is 7.50. The number of hydrogen-bond acceptors (Lipinski definition) is 7. The predicted molar refractivity (Wildman–Crippen MR) is 157 cm³/mol. The lowest BCUT2D eigenvalue weighted by molar-refractivity contribution is -0.137. The number of nitrogens with one attached hydrogen (secondary N) is 2. The molecule has 6 rings (SSSR count). The molecule has 2 atom stereocenters. The van der Waals surface area contributed by atoms with E-state index in [1.165, 1.54) is 22.0 Å². The molecule has 15 heteroatoms. The van der Waals surface area contributed by atoms with E-state index in [9.17, 15) is 18.8 Å². The van der Waals surface area contributed by atoms with Crippen LogP contribution in [0, 0.1) is 0 Å². The molecule has 5 aromatic rings. The number of rotatable bonds is 7. The first kappa shape index (κ1) is 28.2. The zero-order valence-electron chi connectivity index (χ0n) is 22.2. The first-order valence-corrected chi connectivity index (χ1v) is 13.8. The number of aromatic amines is 1. The monoisotopic (exact) mass is 621 g/mol. The van der Waals surface area contributed by atoms with E-state index in [0.29, 0.717) is 37.9 Å². The van der Waals surface area contributed by atoms with E-state index in [1.807, 2.05) is 0 Å². The molecule has 43 heavy (non-hydrogen) atoms. The van der Waals surface area contributed by atoms with Gasteiger partial charge in [0.05, 0.1) is 47.1 Å². The smallest absolute Gasteiger partial charge is 0.269 e. The number of nitrogens with zero attached hydrogens (tertiary/aromatic N) is 6. The molecule has 4 N–H and O–H groups in total. The van der Waals surface area contributed by atoms with Crippen LogP contribution in [0.2, 0.25) is 10.0 Å². The zero-order valence-corrected chi connectivity index (χ0v) is 23.7. The van der Waals surface area contributed by atoms with Gasteiger partial charge in [-0.25, -0.2) is 4.39 Å². The van der Waals surface area contributed by atoms with Gasteiger partial charge in [-0.15, -0.1) is 0 Å². The van der Waals surface area contributed by atoms with Gasteiger partial charge in [0.15, 0.2) is 5.69 Å². The summed E-state index contributed by atoms with van der Waals surface area (Å²) in [6.07, 6.45) is 2.90. The summed E-state index contributed by atoms with van der Waals surface area (Å²) in [5, 5.41) is 22.7. The maximum Gasteiger partial charge on any atom is 0.269 e. The maximum absolute atomic E-state index is 14.7. The number of fused-ring (bicyclic) bond motifs is 1. The predicted octanol–water partition coefficient (Wildman–Crippen LogP) is 3.87. The number of primary amides is 1. The summed E-state index contributed by atoms with van der Waals surface area (Å²) < 4.78 is 16.0. The minimum absolute atomic E-state index is 0.0286. The molecule has 3 aromatic heterocycles. The van der Waals surface area contributed by atoms with E-state index < -0.39 is 29.9 Å². The Morgan fingerprint density at radius 2 is 1.91 bits per heavy atom. The van der Waals surface area contributed by atoms with Gasteiger partial charge < -0.3 is 16.0 Å². The highest BCUT2D eigenvalue weighted by Gasteiger charge is 2.40. The maximum atomic E-state index is 14.7. The number of amides is 3. The third-order valence-electron chi connectivity index (χ3n) is 7.16. The molecule has 0 saturated carbocycles. The van der Waals surface area contributed by atoms with Crippen molar-refractivity contribution < 1.29 is 18.8 Å². The number of halogens is 3. The lowest BCUT2D eigenvalue weighted by Gasteiger charge is -2.23. The van der Waals surface area contributed by atoms with Crippen molar-refractivity contribution in [2.45, 2.75) is 25.2 Å². The number of carbonyl (C=O) groups excluding carboxylic acids is 3. The van der Waals surface area contributed by atoms with Crippen molar-refractivity contribution in [1.82, 2.24) is 35.1 Å². The number of alkyl halides is 1. The van der Waals surface area contributed by atoms with E-state index in [4.69, 9.17) is 28.9 Å². The number of anilines is 1. The van der Waals surface area contributed by atoms with E-state index in [0.717, 1.165) is 11.1 Å². The zero-order chi connectivity index (χ0) is 30.2. The van der Waals surface area contributed by atoms with Gasteiger partial charge in [0, 0.05) is 28.0 Å². The Balaban J connectivity index is 1.24. The lowest BCUT2D eigenvalue weighted by Crippen LogP contribution is -2.44. The van der Waals surface area contributed by atoms with Crippen molar-refractivity contribution in [2.24, 2.45) is 5.73 Å². The molecular weight excluding hydrogens is 600 g/mol. The summed E-state index contributed by atoms with van der Waals surface area (Å²) in [5.41, 5.74) is 8.80. The van der Waals surface area contributed by atoms with Crippen molar-refractivity contribution in [3.63, 3.8) is 0 Å². The molecule has 0 radical (unpaired) electrons. The number of benzene rings is 2. The summed E-state index contributed by atoms with van der Waals surface area (Å²) in [5.74, 6) is -1.93. The molecule has 1 saturated heterocycles. The molecule has 3 amide bonds. The molecule has 1 aliphatic heterocycles. The second-order valence-corrected chi connectivity index (χ2v) is 10.7. The third kappa shape index (κ3) is 5.51. The van der Waals surface area contributed by atoms with Gasteiger partial charge in [-0.1, -0.05) is 29.3 Å². The highest BCUT2D eigenvalue weighted by atomic mass is 35.5. The average molecular weight is 622 g/mol.